The van der Waals surface area contributed by atoms with E-state index in [9.17, 15) is 4.79 Å². The Labute approximate surface area is 94.0 Å². The summed E-state index contributed by atoms with van der Waals surface area (Å²) in [6.45, 7) is 2.63. The Morgan fingerprint density at radius 1 is 1.25 bits per heavy atom. The molecule has 0 aliphatic rings. The van der Waals surface area contributed by atoms with Crippen LogP contribution in [0, 0.1) is 6.92 Å². The lowest BCUT2D eigenvalue weighted by atomic mass is 10.1. The number of aromatic nitrogens is 1. The number of hydrogen-bond donors (Lipinski definition) is 1. The Balaban J connectivity index is 2.31. The van der Waals surface area contributed by atoms with E-state index >= 15 is 0 Å². The number of aryl methyl sites for hydroxylation is 1. The number of hydrogen-bond acceptors (Lipinski definition) is 1. The third-order valence-corrected chi connectivity index (χ3v) is 2.65. The average Bonchev–Trinajstić information content (AvgIpc) is 2.69. The summed E-state index contributed by atoms with van der Waals surface area (Å²) < 4.78 is 1.74. The molecule has 0 bridgehead atoms. The van der Waals surface area contributed by atoms with Crippen molar-refractivity contribution in [2.45, 2.75) is 13.5 Å². The second kappa shape index (κ2) is 4.23. The molecule has 3 heteroatoms. The van der Waals surface area contributed by atoms with Gasteiger partial charge in [-0.25, -0.2) is 4.79 Å². The molecular weight excluding hydrogens is 202 g/mol. The normalized spacial score (nSPS) is 10.3. The quantitative estimate of drug-likeness (QED) is 0.854. The molecule has 1 heterocycles. The maximum Gasteiger partial charge on any atom is 0.352 e. The van der Waals surface area contributed by atoms with Crippen LogP contribution in [0.1, 0.15) is 21.6 Å². The summed E-state index contributed by atoms with van der Waals surface area (Å²) >= 11 is 0. The predicted molar refractivity (Wildman–Crippen MR) is 61.7 cm³/mol. The van der Waals surface area contributed by atoms with Gasteiger partial charge in [-0.15, -0.1) is 0 Å². The highest BCUT2D eigenvalue weighted by Crippen LogP contribution is 2.11. The molecule has 0 saturated heterocycles. The number of nitrogens with zero attached hydrogens (tertiary/aromatic N) is 1. The van der Waals surface area contributed by atoms with Gasteiger partial charge in [0.15, 0.2) is 0 Å². The Morgan fingerprint density at radius 3 is 2.69 bits per heavy atom. The number of benzene rings is 1. The van der Waals surface area contributed by atoms with Gasteiger partial charge in [0, 0.05) is 12.7 Å². The number of carbonyl (C=O) groups is 1. The van der Waals surface area contributed by atoms with Crippen molar-refractivity contribution in [3.8, 4) is 0 Å². The summed E-state index contributed by atoms with van der Waals surface area (Å²) in [6.07, 6.45) is 1.79. The van der Waals surface area contributed by atoms with Crippen LogP contribution in [0.3, 0.4) is 0 Å². The summed E-state index contributed by atoms with van der Waals surface area (Å²) in [5.41, 5.74) is 2.64. The highest BCUT2D eigenvalue weighted by molar-refractivity contribution is 5.85. The highest BCUT2D eigenvalue weighted by atomic mass is 16.4. The van der Waals surface area contributed by atoms with Gasteiger partial charge < -0.3 is 9.67 Å². The van der Waals surface area contributed by atoms with Gasteiger partial charge in [-0.3, -0.25) is 0 Å². The molecular formula is C13H13NO2. The summed E-state index contributed by atoms with van der Waals surface area (Å²) in [4.78, 5) is 10.9. The van der Waals surface area contributed by atoms with Gasteiger partial charge in [0.1, 0.15) is 5.69 Å². The molecule has 0 saturated carbocycles. The minimum Gasteiger partial charge on any atom is -0.477 e. The van der Waals surface area contributed by atoms with E-state index in [0.717, 1.165) is 5.56 Å². The van der Waals surface area contributed by atoms with Crippen LogP contribution >= 0.6 is 0 Å². The Kier molecular flexibility index (Phi) is 2.77. The van der Waals surface area contributed by atoms with E-state index in [2.05, 4.69) is 0 Å². The summed E-state index contributed by atoms with van der Waals surface area (Å²) in [5.74, 6) is -0.890. The average molecular weight is 215 g/mol. The highest BCUT2D eigenvalue weighted by Gasteiger charge is 2.09. The molecule has 2 rings (SSSR count). The summed E-state index contributed by atoms with van der Waals surface area (Å²) in [7, 11) is 0. The summed E-state index contributed by atoms with van der Waals surface area (Å²) in [6, 6.07) is 11.3. The lowest BCUT2D eigenvalue weighted by molar-refractivity contribution is 0.0685. The zero-order valence-electron chi connectivity index (χ0n) is 9.05. The minimum absolute atomic E-state index is 0.322. The van der Waals surface area contributed by atoms with Crippen LogP contribution in [-0.2, 0) is 6.54 Å². The molecule has 0 radical (unpaired) electrons. The van der Waals surface area contributed by atoms with Crippen molar-refractivity contribution in [2.75, 3.05) is 0 Å². The second-order valence-electron chi connectivity index (χ2n) is 3.75. The molecule has 0 aliphatic carbocycles. The third kappa shape index (κ3) is 1.98. The molecule has 1 aromatic heterocycles. The van der Waals surface area contributed by atoms with Gasteiger partial charge in [-0.05, 0) is 30.2 Å². The van der Waals surface area contributed by atoms with E-state index in [1.54, 1.807) is 22.9 Å². The Hall–Kier alpha value is -2.03. The summed E-state index contributed by atoms with van der Waals surface area (Å²) in [5, 5.41) is 8.98. The molecule has 0 unspecified atom stereocenters. The van der Waals surface area contributed by atoms with E-state index < -0.39 is 5.97 Å². The van der Waals surface area contributed by atoms with E-state index in [1.165, 1.54) is 5.56 Å². The fourth-order valence-corrected chi connectivity index (χ4v) is 1.72. The van der Waals surface area contributed by atoms with Gasteiger partial charge in [0.2, 0.25) is 0 Å². The standard InChI is InChI=1S/C13H13NO2/c1-10-5-2-3-6-11(10)9-14-8-4-7-12(14)13(15)16/h2-8H,9H2,1H3,(H,15,16). The molecule has 0 aliphatic heterocycles. The first-order valence-electron chi connectivity index (χ1n) is 5.11. The van der Waals surface area contributed by atoms with Crippen molar-refractivity contribution in [3.05, 3.63) is 59.4 Å². The van der Waals surface area contributed by atoms with E-state index in [4.69, 9.17) is 5.11 Å². The first-order valence-corrected chi connectivity index (χ1v) is 5.11. The van der Waals surface area contributed by atoms with Crippen LogP contribution in [0.5, 0.6) is 0 Å². The topological polar surface area (TPSA) is 42.2 Å². The molecule has 2 aromatic rings. The molecule has 3 nitrogen and oxygen atoms in total. The molecule has 0 amide bonds. The van der Waals surface area contributed by atoms with Gasteiger partial charge in [-0.1, -0.05) is 24.3 Å². The van der Waals surface area contributed by atoms with Crippen LogP contribution in [0.2, 0.25) is 0 Å². The lowest BCUT2D eigenvalue weighted by Gasteiger charge is -2.08. The molecule has 82 valence electrons. The molecule has 16 heavy (non-hydrogen) atoms. The van der Waals surface area contributed by atoms with Gasteiger partial charge in [-0.2, -0.15) is 0 Å². The molecule has 0 fully saturated rings. The lowest BCUT2D eigenvalue weighted by Crippen LogP contribution is -2.09. The number of carboxylic acids is 1. The van der Waals surface area contributed by atoms with Crippen LogP contribution in [-0.4, -0.2) is 15.6 Å². The predicted octanol–water partition coefficient (Wildman–Crippen LogP) is 2.54. The molecule has 0 atom stereocenters. The maximum absolute atomic E-state index is 10.9. The maximum atomic E-state index is 10.9. The Morgan fingerprint density at radius 2 is 2.00 bits per heavy atom. The second-order valence-corrected chi connectivity index (χ2v) is 3.75. The number of carboxylic acid groups (broad SMARTS) is 1. The zero-order chi connectivity index (χ0) is 11.5. The van der Waals surface area contributed by atoms with Crippen molar-refractivity contribution in [2.24, 2.45) is 0 Å². The van der Waals surface area contributed by atoms with Crippen molar-refractivity contribution in [1.29, 1.82) is 0 Å². The first-order chi connectivity index (χ1) is 7.68. The van der Waals surface area contributed by atoms with Crippen LogP contribution in [0.25, 0.3) is 0 Å². The van der Waals surface area contributed by atoms with E-state index in [0.29, 0.717) is 12.2 Å². The molecule has 0 spiro atoms. The molecule has 1 N–H and O–H groups in total. The zero-order valence-corrected chi connectivity index (χ0v) is 9.05. The van der Waals surface area contributed by atoms with Gasteiger partial charge >= 0.3 is 5.97 Å². The number of aromatic carboxylic acids is 1. The smallest absolute Gasteiger partial charge is 0.352 e. The SMILES string of the molecule is Cc1ccccc1Cn1cccc1C(=O)O. The monoisotopic (exact) mass is 215 g/mol. The van der Waals surface area contributed by atoms with Gasteiger partial charge in [0.25, 0.3) is 0 Å². The Bertz CT molecular complexity index is 514. The van der Waals surface area contributed by atoms with Crippen LogP contribution < -0.4 is 0 Å². The fraction of sp³-hybridized carbons (Fsp3) is 0.154. The largest absolute Gasteiger partial charge is 0.477 e. The minimum atomic E-state index is -0.890. The van der Waals surface area contributed by atoms with Crippen molar-refractivity contribution in [1.82, 2.24) is 4.57 Å². The van der Waals surface area contributed by atoms with Gasteiger partial charge in [0.05, 0.1) is 0 Å². The van der Waals surface area contributed by atoms with Crippen molar-refractivity contribution in [3.63, 3.8) is 0 Å². The van der Waals surface area contributed by atoms with E-state index in [-0.39, 0.29) is 0 Å². The molecule has 1 aromatic carbocycles. The van der Waals surface area contributed by atoms with Crippen molar-refractivity contribution >= 4 is 5.97 Å². The van der Waals surface area contributed by atoms with Crippen LogP contribution in [0.15, 0.2) is 42.6 Å². The fourth-order valence-electron chi connectivity index (χ4n) is 1.72. The van der Waals surface area contributed by atoms with E-state index in [1.807, 2.05) is 31.2 Å². The first kappa shape index (κ1) is 10.5. The third-order valence-electron chi connectivity index (χ3n) is 2.65. The van der Waals surface area contributed by atoms with Crippen LogP contribution in [0.4, 0.5) is 0 Å². The number of rotatable bonds is 3. The van der Waals surface area contributed by atoms with Crippen molar-refractivity contribution < 1.29 is 9.90 Å².